The first-order chi connectivity index (χ1) is 5.89. The largest absolute Gasteiger partial charge is 0.368 e. The highest BCUT2D eigenvalue weighted by molar-refractivity contribution is 8.13. The molecule has 0 saturated heterocycles. The molecule has 72 valence electrons. The smallest absolute Gasteiger partial charge is 0.264 e. The van der Waals surface area contributed by atoms with Crippen molar-refractivity contribution in [2.75, 3.05) is 0 Å². The summed E-state index contributed by atoms with van der Waals surface area (Å²) in [5, 5.41) is 3.58. The zero-order valence-electron chi connectivity index (χ0n) is 6.34. The second-order valence-corrected chi connectivity index (χ2v) is 4.84. The summed E-state index contributed by atoms with van der Waals surface area (Å²) in [4.78, 5) is 10.2. The molecule has 6 nitrogen and oxygen atoms in total. The number of halogens is 1. The van der Waals surface area contributed by atoms with E-state index in [4.69, 9.17) is 16.4 Å². The lowest BCUT2D eigenvalue weighted by molar-refractivity contribution is -0.118. The van der Waals surface area contributed by atoms with Gasteiger partial charge in [0.2, 0.25) is 5.91 Å². The standard InChI is InChI=1S/C5H6ClN3O3S/c6-13(11,12)4-1-8-9(2-4)3-5(7)10/h1-2H,3H2,(H2,7,10). The molecule has 0 unspecified atom stereocenters. The number of carbonyl (C=O) groups excluding carboxylic acids is 1. The van der Waals surface area contributed by atoms with Crippen LogP contribution >= 0.6 is 10.7 Å². The minimum Gasteiger partial charge on any atom is -0.368 e. The van der Waals surface area contributed by atoms with Gasteiger partial charge in [-0.05, 0) is 0 Å². The highest BCUT2D eigenvalue weighted by Crippen LogP contribution is 2.12. The molecule has 0 atom stereocenters. The summed E-state index contributed by atoms with van der Waals surface area (Å²) in [6, 6.07) is 0. The van der Waals surface area contributed by atoms with Gasteiger partial charge in [0, 0.05) is 16.9 Å². The van der Waals surface area contributed by atoms with Crippen LogP contribution < -0.4 is 5.73 Å². The normalized spacial score (nSPS) is 11.5. The van der Waals surface area contributed by atoms with E-state index in [1.54, 1.807) is 0 Å². The number of nitrogens with zero attached hydrogens (tertiary/aromatic N) is 2. The number of aromatic nitrogens is 2. The highest BCUT2D eigenvalue weighted by atomic mass is 35.7. The Bertz CT molecular complexity index is 424. The zero-order chi connectivity index (χ0) is 10.1. The molecule has 1 rings (SSSR count). The molecule has 2 N–H and O–H groups in total. The Hall–Kier alpha value is -1.08. The maximum Gasteiger partial charge on any atom is 0.264 e. The van der Waals surface area contributed by atoms with Crippen LogP contribution in [0.4, 0.5) is 0 Å². The van der Waals surface area contributed by atoms with Gasteiger partial charge in [-0.1, -0.05) is 0 Å². The zero-order valence-corrected chi connectivity index (χ0v) is 7.92. The molecule has 0 aliphatic rings. The monoisotopic (exact) mass is 223 g/mol. The van der Waals surface area contributed by atoms with E-state index in [2.05, 4.69) is 5.10 Å². The van der Waals surface area contributed by atoms with Gasteiger partial charge in [0.25, 0.3) is 9.05 Å². The number of primary amides is 1. The van der Waals surface area contributed by atoms with E-state index in [0.717, 1.165) is 17.1 Å². The first-order valence-electron chi connectivity index (χ1n) is 3.15. The van der Waals surface area contributed by atoms with Crippen molar-refractivity contribution in [3.63, 3.8) is 0 Å². The number of hydrogen-bond donors (Lipinski definition) is 1. The van der Waals surface area contributed by atoms with Crippen molar-refractivity contribution in [3.05, 3.63) is 12.4 Å². The molecule has 8 heteroatoms. The Morgan fingerprint density at radius 2 is 2.31 bits per heavy atom. The van der Waals surface area contributed by atoms with Crippen LogP contribution in [0.2, 0.25) is 0 Å². The van der Waals surface area contributed by atoms with E-state index in [0.29, 0.717) is 0 Å². The fourth-order valence-electron chi connectivity index (χ4n) is 0.717. The van der Waals surface area contributed by atoms with E-state index in [9.17, 15) is 13.2 Å². The minimum atomic E-state index is -3.78. The second-order valence-electron chi connectivity index (χ2n) is 2.28. The molecule has 1 aromatic rings. The quantitative estimate of drug-likeness (QED) is 0.686. The average molecular weight is 224 g/mol. The molecule has 0 bridgehead atoms. The van der Waals surface area contributed by atoms with Gasteiger partial charge < -0.3 is 5.73 Å². The third kappa shape index (κ3) is 2.71. The summed E-state index contributed by atoms with van der Waals surface area (Å²) < 4.78 is 22.6. The van der Waals surface area contributed by atoms with E-state index in [1.165, 1.54) is 0 Å². The summed E-state index contributed by atoms with van der Waals surface area (Å²) >= 11 is 0. The number of amides is 1. The van der Waals surface area contributed by atoms with Gasteiger partial charge in [-0.25, -0.2) is 8.42 Å². The van der Waals surface area contributed by atoms with Gasteiger partial charge >= 0.3 is 0 Å². The van der Waals surface area contributed by atoms with Crippen molar-refractivity contribution in [2.24, 2.45) is 5.73 Å². The fourth-order valence-corrected chi connectivity index (χ4v) is 1.38. The molecule has 0 aliphatic heterocycles. The molecular formula is C5H6ClN3O3S. The van der Waals surface area contributed by atoms with Gasteiger partial charge in [-0.3, -0.25) is 9.48 Å². The second kappa shape index (κ2) is 3.35. The molecule has 1 aromatic heterocycles. The maximum absolute atomic E-state index is 10.7. The van der Waals surface area contributed by atoms with Gasteiger partial charge in [0.15, 0.2) is 0 Å². The van der Waals surface area contributed by atoms with E-state index >= 15 is 0 Å². The van der Waals surface area contributed by atoms with Gasteiger partial charge in [-0.15, -0.1) is 0 Å². The molecule has 1 heterocycles. The summed E-state index contributed by atoms with van der Waals surface area (Å²) in [5.41, 5.74) is 4.86. The van der Waals surface area contributed by atoms with Crippen LogP contribution in [-0.4, -0.2) is 24.1 Å². The lowest BCUT2D eigenvalue weighted by atomic mass is 10.6. The van der Waals surface area contributed by atoms with Crippen LogP contribution in [0.1, 0.15) is 0 Å². The van der Waals surface area contributed by atoms with Crippen LogP contribution in [0.25, 0.3) is 0 Å². The van der Waals surface area contributed by atoms with Gasteiger partial charge in [-0.2, -0.15) is 5.10 Å². The lowest BCUT2D eigenvalue weighted by Gasteiger charge is -1.93. The Morgan fingerprint density at radius 3 is 2.69 bits per heavy atom. The van der Waals surface area contributed by atoms with Crippen molar-refractivity contribution >= 4 is 25.6 Å². The predicted molar refractivity (Wildman–Crippen MR) is 44.5 cm³/mol. The molecule has 0 radical (unpaired) electrons. The van der Waals surface area contributed by atoms with Crippen molar-refractivity contribution in [1.29, 1.82) is 0 Å². The topological polar surface area (TPSA) is 95.0 Å². The van der Waals surface area contributed by atoms with E-state index < -0.39 is 15.0 Å². The number of hydrogen-bond acceptors (Lipinski definition) is 4. The van der Waals surface area contributed by atoms with Gasteiger partial charge in [0.05, 0.1) is 6.20 Å². The Balaban J connectivity index is 2.94. The first-order valence-corrected chi connectivity index (χ1v) is 5.46. The molecule has 13 heavy (non-hydrogen) atoms. The van der Waals surface area contributed by atoms with E-state index in [-0.39, 0.29) is 11.4 Å². The average Bonchev–Trinajstić information content (AvgIpc) is 2.32. The summed E-state index contributed by atoms with van der Waals surface area (Å²) in [5.74, 6) is -0.610. The fraction of sp³-hybridized carbons (Fsp3) is 0.200. The molecular weight excluding hydrogens is 218 g/mol. The number of rotatable bonds is 3. The summed E-state index contributed by atoms with van der Waals surface area (Å²) in [6.45, 7) is -0.174. The minimum absolute atomic E-state index is 0.157. The van der Waals surface area contributed by atoms with Crippen molar-refractivity contribution < 1.29 is 13.2 Å². The molecule has 0 fully saturated rings. The number of carbonyl (C=O) groups is 1. The summed E-state index contributed by atoms with van der Waals surface area (Å²) in [7, 11) is 1.23. The summed E-state index contributed by atoms with van der Waals surface area (Å²) in [6.07, 6.45) is 2.18. The first kappa shape index (κ1) is 10.0. The van der Waals surface area contributed by atoms with Crippen LogP contribution in [0, 0.1) is 0 Å². The SMILES string of the molecule is NC(=O)Cn1cc(S(=O)(=O)Cl)cn1. The third-order valence-electron chi connectivity index (χ3n) is 1.21. The predicted octanol–water partition coefficient (Wildman–Crippen LogP) is -0.704. The molecule has 0 saturated carbocycles. The Labute approximate surface area is 78.7 Å². The van der Waals surface area contributed by atoms with Crippen molar-refractivity contribution in [1.82, 2.24) is 9.78 Å². The van der Waals surface area contributed by atoms with Gasteiger partial charge in [0.1, 0.15) is 11.4 Å². The van der Waals surface area contributed by atoms with E-state index in [1.807, 2.05) is 0 Å². The molecule has 0 spiro atoms. The Morgan fingerprint density at radius 1 is 1.69 bits per heavy atom. The molecule has 1 amide bonds. The lowest BCUT2D eigenvalue weighted by Crippen LogP contribution is -2.18. The number of nitrogens with two attached hydrogens (primary N) is 1. The van der Waals surface area contributed by atoms with Crippen LogP contribution in [0.5, 0.6) is 0 Å². The molecule has 0 aromatic carbocycles. The van der Waals surface area contributed by atoms with Crippen molar-refractivity contribution in [2.45, 2.75) is 11.4 Å². The van der Waals surface area contributed by atoms with Crippen LogP contribution in [-0.2, 0) is 20.4 Å². The van der Waals surface area contributed by atoms with Crippen LogP contribution in [0.3, 0.4) is 0 Å². The molecule has 0 aliphatic carbocycles. The third-order valence-corrected chi connectivity index (χ3v) is 2.52. The van der Waals surface area contributed by atoms with Crippen LogP contribution in [0.15, 0.2) is 17.3 Å². The highest BCUT2D eigenvalue weighted by Gasteiger charge is 2.12. The maximum atomic E-state index is 10.7. The Kier molecular flexibility index (Phi) is 2.58. The van der Waals surface area contributed by atoms with Crippen molar-refractivity contribution in [3.8, 4) is 0 Å².